The van der Waals surface area contributed by atoms with Crippen molar-refractivity contribution in [3.05, 3.63) is 30.3 Å². The molecule has 86 valence electrons. The molecule has 0 aliphatic heterocycles. The number of rotatable bonds is 5. The lowest BCUT2D eigenvalue weighted by atomic mass is 10.3. The van der Waals surface area contributed by atoms with Crippen molar-refractivity contribution in [2.75, 3.05) is 13.2 Å². The monoisotopic (exact) mass is 220 g/mol. The zero-order valence-corrected chi connectivity index (χ0v) is 9.39. The molecule has 0 unspecified atom stereocenters. The van der Waals surface area contributed by atoms with E-state index in [0.717, 1.165) is 12.2 Å². The number of para-hydroxylation sites is 1. The Morgan fingerprint density at radius 3 is 2.81 bits per heavy atom. The molecule has 1 aromatic rings. The highest BCUT2D eigenvalue weighted by Crippen LogP contribution is 2.39. The quantitative estimate of drug-likeness (QED) is 0.714. The van der Waals surface area contributed by atoms with E-state index < -0.39 is 0 Å². The van der Waals surface area contributed by atoms with Gasteiger partial charge in [-0.25, -0.2) is 0 Å². The Hall–Kier alpha value is -1.51. The first-order valence-electron chi connectivity index (χ1n) is 5.65. The van der Waals surface area contributed by atoms with Crippen LogP contribution in [-0.2, 0) is 9.53 Å². The first-order valence-corrected chi connectivity index (χ1v) is 5.65. The smallest absolute Gasteiger partial charge is 0.309 e. The highest BCUT2D eigenvalue weighted by Gasteiger charge is 2.44. The van der Waals surface area contributed by atoms with Gasteiger partial charge < -0.3 is 9.47 Å². The van der Waals surface area contributed by atoms with E-state index in [0.29, 0.717) is 19.1 Å². The zero-order valence-electron chi connectivity index (χ0n) is 9.39. The summed E-state index contributed by atoms with van der Waals surface area (Å²) in [6.45, 7) is 2.89. The van der Waals surface area contributed by atoms with Crippen molar-refractivity contribution in [1.82, 2.24) is 0 Å². The Balaban J connectivity index is 1.72. The summed E-state index contributed by atoms with van der Waals surface area (Å²) in [5, 5.41) is 0. The average Bonchev–Trinajstić information content (AvgIpc) is 3.08. The normalized spacial score (nSPS) is 22.6. The van der Waals surface area contributed by atoms with Crippen molar-refractivity contribution in [3.8, 4) is 5.75 Å². The van der Waals surface area contributed by atoms with Gasteiger partial charge in [-0.05, 0) is 25.5 Å². The van der Waals surface area contributed by atoms with Crippen molar-refractivity contribution in [3.63, 3.8) is 0 Å². The summed E-state index contributed by atoms with van der Waals surface area (Å²) in [4.78, 5) is 11.3. The van der Waals surface area contributed by atoms with Crippen LogP contribution < -0.4 is 4.74 Å². The molecule has 0 spiro atoms. The minimum atomic E-state index is -0.0795. The predicted octanol–water partition coefficient (Wildman–Crippen LogP) is 2.26. The molecule has 1 aliphatic rings. The molecule has 3 nitrogen and oxygen atoms in total. The molecule has 1 aliphatic carbocycles. The number of esters is 1. The van der Waals surface area contributed by atoms with Crippen molar-refractivity contribution in [1.29, 1.82) is 0 Å². The van der Waals surface area contributed by atoms with Crippen LogP contribution >= 0.6 is 0 Å². The highest BCUT2D eigenvalue weighted by atomic mass is 16.5. The first kappa shape index (κ1) is 11.0. The van der Waals surface area contributed by atoms with Crippen molar-refractivity contribution in [2.24, 2.45) is 11.8 Å². The van der Waals surface area contributed by atoms with Crippen LogP contribution in [0.1, 0.15) is 13.3 Å². The minimum absolute atomic E-state index is 0.0589. The summed E-state index contributed by atoms with van der Waals surface area (Å²) in [6, 6.07) is 9.66. The van der Waals surface area contributed by atoms with Gasteiger partial charge in [0.25, 0.3) is 0 Å². The number of hydrogen-bond acceptors (Lipinski definition) is 3. The van der Waals surface area contributed by atoms with Crippen LogP contribution in [0, 0.1) is 11.8 Å². The third-order valence-electron chi connectivity index (χ3n) is 2.72. The minimum Gasteiger partial charge on any atom is -0.493 e. The fourth-order valence-electron chi connectivity index (χ4n) is 1.69. The topological polar surface area (TPSA) is 35.5 Å². The average molecular weight is 220 g/mol. The van der Waals surface area contributed by atoms with Crippen molar-refractivity contribution < 1.29 is 14.3 Å². The van der Waals surface area contributed by atoms with Crippen molar-refractivity contribution in [2.45, 2.75) is 13.3 Å². The molecule has 3 heteroatoms. The molecule has 0 heterocycles. The summed E-state index contributed by atoms with van der Waals surface area (Å²) in [5.41, 5.74) is 0. The first-order chi connectivity index (χ1) is 7.81. The Morgan fingerprint density at radius 1 is 1.38 bits per heavy atom. The van der Waals surface area contributed by atoms with Crippen LogP contribution in [0.25, 0.3) is 0 Å². The molecule has 2 rings (SSSR count). The maximum Gasteiger partial charge on any atom is 0.309 e. The number of hydrogen-bond donors (Lipinski definition) is 0. The molecule has 1 fully saturated rings. The van der Waals surface area contributed by atoms with E-state index in [4.69, 9.17) is 9.47 Å². The fraction of sp³-hybridized carbons (Fsp3) is 0.462. The van der Waals surface area contributed by atoms with E-state index in [2.05, 4.69) is 0 Å². The van der Waals surface area contributed by atoms with Gasteiger partial charge in [0.2, 0.25) is 0 Å². The SMILES string of the molecule is CCOC(=O)[C@@H]1C[C@@H]1COc1ccccc1. The molecular formula is C13H16O3. The third kappa shape index (κ3) is 2.75. The number of carbonyl (C=O) groups excluding carboxylic acids is 1. The van der Waals surface area contributed by atoms with Crippen LogP contribution in [0.2, 0.25) is 0 Å². The largest absolute Gasteiger partial charge is 0.493 e. The molecule has 1 aromatic carbocycles. The molecule has 16 heavy (non-hydrogen) atoms. The van der Waals surface area contributed by atoms with E-state index in [1.807, 2.05) is 37.3 Å². The fourth-order valence-corrected chi connectivity index (χ4v) is 1.69. The zero-order chi connectivity index (χ0) is 11.4. The second-order valence-electron chi connectivity index (χ2n) is 3.98. The van der Waals surface area contributed by atoms with E-state index in [1.54, 1.807) is 0 Å². The van der Waals surface area contributed by atoms with Gasteiger partial charge in [-0.1, -0.05) is 18.2 Å². The van der Waals surface area contributed by atoms with Gasteiger partial charge in [-0.15, -0.1) is 0 Å². The third-order valence-corrected chi connectivity index (χ3v) is 2.72. The lowest BCUT2D eigenvalue weighted by Gasteiger charge is -2.05. The second-order valence-corrected chi connectivity index (χ2v) is 3.98. The maximum absolute atomic E-state index is 11.3. The van der Waals surface area contributed by atoms with Crippen LogP contribution in [0.4, 0.5) is 0 Å². The van der Waals surface area contributed by atoms with Gasteiger partial charge in [0.15, 0.2) is 0 Å². The predicted molar refractivity (Wildman–Crippen MR) is 60.2 cm³/mol. The standard InChI is InChI=1S/C13H16O3/c1-2-15-13(14)12-8-10(12)9-16-11-6-4-3-5-7-11/h3-7,10,12H,2,8-9H2,1H3/t10-,12-/m1/s1. The van der Waals surface area contributed by atoms with E-state index in [1.165, 1.54) is 0 Å². The molecule has 2 atom stereocenters. The van der Waals surface area contributed by atoms with Gasteiger partial charge >= 0.3 is 5.97 Å². The Bertz CT molecular complexity index is 347. The second kappa shape index (κ2) is 5.01. The Labute approximate surface area is 95.4 Å². The summed E-state index contributed by atoms with van der Waals surface area (Å²) in [6.07, 6.45) is 0.895. The molecule has 0 amide bonds. The van der Waals surface area contributed by atoms with Gasteiger partial charge in [-0.3, -0.25) is 4.79 Å². The van der Waals surface area contributed by atoms with Gasteiger partial charge in [0.1, 0.15) is 5.75 Å². The molecule has 0 aromatic heterocycles. The van der Waals surface area contributed by atoms with Crippen molar-refractivity contribution >= 4 is 5.97 Å². The Kier molecular flexibility index (Phi) is 3.44. The van der Waals surface area contributed by atoms with Gasteiger partial charge in [0, 0.05) is 5.92 Å². The molecular weight excluding hydrogens is 204 g/mol. The number of ether oxygens (including phenoxy) is 2. The maximum atomic E-state index is 11.3. The Morgan fingerprint density at radius 2 is 2.12 bits per heavy atom. The van der Waals surface area contributed by atoms with Gasteiger partial charge in [0.05, 0.1) is 19.1 Å². The van der Waals surface area contributed by atoms with E-state index in [9.17, 15) is 4.79 Å². The molecule has 1 saturated carbocycles. The lowest BCUT2D eigenvalue weighted by molar-refractivity contribution is -0.145. The summed E-state index contributed by atoms with van der Waals surface area (Å²) in [7, 11) is 0. The van der Waals surface area contributed by atoms with Crippen LogP contribution in [0.15, 0.2) is 30.3 Å². The van der Waals surface area contributed by atoms with E-state index in [-0.39, 0.29) is 11.9 Å². The molecule has 0 radical (unpaired) electrons. The highest BCUT2D eigenvalue weighted by molar-refractivity contribution is 5.75. The lowest BCUT2D eigenvalue weighted by Crippen LogP contribution is -2.10. The summed E-state index contributed by atoms with van der Waals surface area (Å²) >= 11 is 0. The van der Waals surface area contributed by atoms with E-state index >= 15 is 0 Å². The summed E-state index contributed by atoms with van der Waals surface area (Å²) in [5.74, 6) is 1.17. The van der Waals surface area contributed by atoms with Crippen LogP contribution in [-0.4, -0.2) is 19.2 Å². The van der Waals surface area contributed by atoms with Crippen LogP contribution in [0.3, 0.4) is 0 Å². The molecule has 0 saturated heterocycles. The summed E-state index contributed by atoms with van der Waals surface area (Å²) < 4.78 is 10.5. The van der Waals surface area contributed by atoms with Crippen LogP contribution in [0.5, 0.6) is 5.75 Å². The number of carbonyl (C=O) groups is 1. The molecule has 0 bridgehead atoms. The number of benzene rings is 1. The van der Waals surface area contributed by atoms with Gasteiger partial charge in [-0.2, -0.15) is 0 Å². The molecule has 0 N–H and O–H groups in total.